The van der Waals surface area contributed by atoms with Crippen LogP contribution >= 0.6 is 0 Å². The molecule has 2 heterocycles. The van der Waals surface area contributed by atoms with Crippen molar-refractivity contribution in [1.82, 2.24) is 10.3 Å². The van der Waals surface area contributed by atoms with Gasteiger partial charge in [-0.05, 0) is 49.2 Å². The van der Waals surface area contributed by atoms with Crippen LogP contribution in [0.2, 0.25) is 0 Å². The Morgan fingerprint density at radius 2 is 2.15 bits per heavy atom. The van der Waals surface area contributed by atoms with Crippen LogP contribution in [0.15, 0.2) is 42.5 Å². The predicted molar refractivity (Wildman–Crippen MR) is 80.0 cm³/mol. The van der Waals surface area contributed by atoms with Crippen molar-refractivity contribution in [3.8, 4) is 5.75 Å². The summed E-state index contributed by atoms with van der Waals surface area (Å²) in [6.07, 6.45) is 3.28. The second-order valence-electron chi connectivity index (χ2n) is 5.23. The summed E-state index contributed by atoms with van der Waals surface area (Å²) in [6.45, 7) is 1.10. The van der Waals surface area contributed by atoms with Gasteiger partial charge in [-0.25, -0.2) is 0 Å². The summed E-state index contributed by atoms with van der Waals surface area (Å²) in [5.74, 6) is 0.899. The summed E-state index contributed by atoms with van der Waals surface area (Å²) >= 11 is 0. The lowest BCUT2D eigenvalue weighted by Gasteiger charge is -2.11. The van der Waals surface area contributed by atoms with Gasteiger partial charge in [0.05, 0.1) is 12.8 Å². The van der Waals surface area contributed by atoms with Crippen LogP contribution in [0.25, 0.3) is 0 Å². The van der Waals surface area contributed by atoms with Crippen LogP contribution in [-0.2, 0) is 6.42 Å². The van der Waals surface area contributed by atoms with Gasteiger partial charge in [-0.15, -0.1) is 0 Å². The maximum absolute atomic E-state index is 5.27. The minimum atomic E-state index is 0.431. The lowest BCUT2D eigenvalue weighted by Crippen LogP contribution is -2.14. The Labute approximate surface area is 120 Å². The molecular weight excluding hydrogens is 248 g/mol. The fraction of sp³-hybridized carbons (Fsp3) is 0.353. The van der Waals surface area contributed by atoms with E-state index in [1.165, 1.54) is 24.1 Å². The van der Waals surface area contributed by atoms with Crippen molar-refractivity contribution in [2.45, 2.75) is 25.3 Å². The van der Waals surface area contributed by atoms with Crippen LogP contribution in [-0.4, -0.2) is 18.6 Å². The molecule has 1 saturated heterocycles. The van der Waals surface area contributed by atoms with Crippen LogP contribution < -0.4 is 10.1 Å². The Balaban J connectivity index is 1.78. The monoisotopic (exact) mass is 268 g/mol. The van der Waals surface area contributed by atoms with Gasteiger partial charge in [-0.2, -0.15) is 0 Å². The lowest BCUT2D eigenvalue weighted by atomic mass is 10.1. The molecule has 1 aliphatic heterocycles. The van der Waals surface area contributed by atoms with Crippen molar-refractivity contribution in [3.05, 3.63) is 59.4 Å². The Bertz CT molecular complexity index is 577. The second kappa shape index (κ2) is 6.06. The Kier molecular flexibility index (Phi) is 3.97. The lowest BCUT2D eigenvalue weighted by molar-refractivity contribution is 0.414. The number of methoxy groups -OCH3 is 1. The van der Waals surface area contributed by atoms with Gasteiger partial charge in [0.2, 0.25) is 0 Å². The highest BCUT2D eigenvalue weighted by Gasteiger charge is 2.17. The molecule has 0 spiro atoms. The zero-order valence-electron chi connectivity index (χ0n) is 11.8. The summed E-state index contributed by atoms with van der Waals surface area (Å²) in [6, 6.07) is 14.9. The number of rotatable bonds is 4. The van der Waals surface area contributed by atoms with E-state index in [4.69, 9.17) is 9.72 Å². The number of hydrogen-bond acceptors (Lipinski definition) is 3. The van der Waals surface area contributed by atoms with Crippen LogP contribution in [0.1, 0.15) is 35.8 Å². The molecule has 1 fully saturated rings. The van der Waals surface area contributed by atoms with Crippen LogP contribution in [0, 0.1) is 0 Å². The number of nitrogens with one attached hydrogen (secondary N) is 1. The van der Waals surface area contributed by atoms with Crippen LogP contribution in [0.5, 0.6) is 5.75 Å². The van der Waals surface area contributed by atoms with Crippen molar-refractivity contribution >= 4 is 0 Å². The molecule has 3 nitrogen and oxygen atoms in total. The number of pyridine rings is 1. The smallest absolute Gasteiger partial charge is 0.119 e. The maximum atomic E-state index is 5.27. The van der Waals surface area contributed by atoms with Gasteiger partial charge in [0.15, 0.2) is 0 Å². The van der Waals surface area contributed by atoms with Gasteiger partial charge < -0.3 is 10.1 Å². The molecule has 1 aromatic carbocycles. The maximum Gasteiger partial charge on any atom is 0.119 e. The van der Waals surface area contributed by atoms with Crippen molar-refractivity contribution in [2.24, 2.45) is 0 Å². The van der Waals surface area contributed by atoms with E-state index in [9.17, 15) is 0 Å². The Hall–Kier alpha value is -1.87. The summed E-state index contributed by atoms with van der Waals surface area (Å²) in [7, 11) is 1.70. The molecule has 104 valence electrons. The first-order valence-corrected chi connectivity index (χ1v) is 7.17. The molecule has 1 aliphatic rings. The average molecular weight is 268 g/mol. The van der Waals surface area contributed by atoms with E-state index in [-0.39, 0.29) is 0 Å². The largest absolute Gasteiger partial charge is 0.497 e. The topological polar surface area (TPSA) is 34.1 Å². The number of hydrogen-bond donors (Lipinski definition) is 1. The molecule has 3 rings (SSSR count). The summed E-state index contributed by atoms with van der Waals surface area (Å²) in [5.41, 5.74) is 3.51. The van der Waals surface area contributed by atoms with Gasteiger partial charge in [-0.3, -0.25) is 4.98 Å². The Morgan fingerprint density at radius 3 is 2.95 bits per heavy atom. The molecule has 0 radical (unpaired) electrons. The van der Waals surface area contributed by atoms with E-state index in [1.54, 1.807) is 7.11 Å². The van der Waals surface area contributed by atoms with Crippen molar-refractivity contribution in [1.29, 1.82) is 0 Å². The fourth-order valence-electron chi connectivity index (χ4n) is 2.72. The van der Waals surface area contributed by atoms with Gasteiger partial charge in [-0.1, -0.05) is 18.2 Å². The number of ether oxygens (including phenoxy) is 1. The summed E-state index contributed by atoms with van der Waals surface area (Å²) in [5, 5.41) is 3.50. The second-order valence-corrected chi connectivity index (χ2v) is 5.23. The first kappa shape index (κ1) is 13.1. The van der Waals surface area contributed by atoms with Gasteiger partial charge in [0.25, 0.3) is 0 Å². The minimum Gasteiger partial charge on any atom is -0.497 e. The third-order valence-electron chi connectivity index (χ3n) is 3.77. The van der Waals surface area contributed by atoms with Crippen molar-refractivity contribution < 1.29 is 4.74 Å². The molecule has 2 aromatic rings. The number of nitrogens with zero attached hydrogens (tertiary/aromatic N) is 1. The number of benzene rings is 1. The predicted octanol–water partition coefficient (Wildman–Crippen LogP) is 3.11. The molecule has 0 amide bonds. The minimum absolute atomic E-state index is 0.431. The highest BCUT2D eigenvalue weighted by molar-refractivity contribution is 5.31. The Morgan fingerprint density at radius 1 is 1.25 bits per heavy atom. The fourth-order valence-corrected chi connectivity index (χ4v) is 2.72. The molecule has 0 saturated carbocycles. The van der Waals surface area contributed by atoms with Gasteiger partial charge in [0, 0.05) is 18.2 Å². The molecule has 1 atom stereocenters. The molecule has 1 aromatic heterocycles. The third-order valence-corrected chi connectivity index (χ3v) is 3.77. The van der Waals surface area contributed by atoms with E-state index in [1.807, 2.05) is 12.1 Å². The van der Waals surface area contributed by atoms with E-state index in [2.05, 4.69) is 35.6 Å². The molecule has 0 aliphatic carbocycles. The number of aromatic nitrogens is 1. The van der Waals surface area contributed by atoms with E-state index < -0.39 is 0 Å². The summed E-state index contributed by atoms with van der Waals surface area (Å²) in [4.78, 5) is 4.80. The highest BCUT2D eigenvalue weighted by atomic mass is 16.5. The summed E-state index contributed by atoms with van der Waals surface area (Å²) < 4.78 is 5.27. The van der Waals surface area contributed by atoms with E-state index in [0.717, 1.165) is 24.4 Å². The molecule has 0 bridgehead atoms. The van der Waals surface area contributed by atoms with E-state index in [0.29, 0.717) is 6.04 Å². The first-order chi connectivity index (χ1) is 9.85. The zero-order chi connectivity index (χ0) is 13.8. The SMILES string of the molecule is COc1cccc(Cc2cccc([C@H]3CCCN3)n2)c1. The first-order valence-electron chi connectivity index (χ1n) is 7.17. The van der Waals surface area contributed by atoms with Crippen LogP contribution in [0.4, 0.5) is 0 Å². The quantitative estimate of drug-likeness (QED) is 0.925. The molecular formula is C17H20N2O. The third kappa shape index (κ3) is 2.99. The molecule has 20 heavy (non-hydrogen) atoms. The van der Waals surface area contributed by atoms with Gasteiger partial charge in [0.1, 0.15) is 5.75 Å². The van der Waals surface area contributed by atoms with Gasteiger partial charge >= 0.3 is 0 Å². The highest BCUT2D eigenvalue weighted by Crippen LogP contribution is 2.22. The van der Waals surface area contributed by atoms with E-state index >= 15 is 0 Å². The van der Waals surface area contributed by atoms with Crippen molar-refractivity contribution in [3.63, 3.8) is 0 Å². The molecule has 1 N–H and O–H groups in total. The van der Waals surface area contributed by atoms with Crippen LogP contribution in [0.3, 0.4) is 0 Å². The molecule has 3 heteroatoms. The molecule has 0 unspecified atom stereocenters. The zero-order valence-corrected chi connectivity index (χ0v) is 11.8. The average Bonchev–Trinajstić information content (AvgIpc) is 3.02. The standard InChI is InChI=1S/C17H20N2O/c1-20-15-7-2-5-13(12-15)11-14-6-3-8-17(19-14)16-9-4-10-18-16/h2-3,5-8,12,16,18H,4,9-11H2,1H3/t16-/m1/s1. The normalized spacial score (nSPS) is 18.1. The van der Waals surface area contributed by atoms with Crippen molar-refractivity contribution in [2.75, 3.05) is 13.7 Å².